The monoisotopic (exact) mass is 1610 g/mol. The van der Waals surface area contributed by atoms with Gasteiger partial charge in [-0.1, -0.05) is 434 Å². The van der Waals surface area contributed by atoms with E-state index in [1.807, 2.05) is 0 Å². The molecule has 0 saturated heterocycles. The molecule has 0 aliphatic heterocycles. The Morgan fingerprint density at radius 1 is 0.264 bits per heavy atom. The van der Waals surface area contributed by atoms with Crippen LogP contribution >= 0.6 is 15.6 Å². The number of phosphoric ester groups is 2. The van der Waals surface area contributed by atoms with Gasteiger partial charge in [0.05, 0.1) is 26.4 Å². The Morgan fingerprint density at radius 2 is 0.464 bits per heavy atom. The van der Waals surface area contributed by atoms with Crippen LogP contribution < -0.4 is 0 Å². The maximum Gasteiger partial charge on any atom is 0.472 e. The van der Waals surface area contributed by atoms with Crippen LogP contribution in [0.5, 0.6) is 0 Å². The molecule has 0 bridgehead atoms. The lowest BCUT2D eigenvalue weighted by Crippen LogP contribution is -2.30. The van der Waals surface area contributed by atoms with Crippen molar-refractivity contribution < 1.29 is 80.2 Å². The Labute approximate surface area is 677 Å². The normalized spacial score (nSPS) is 14.0. The predicted molar refractivity (Wildman–Crippen MR) is 455 cm³/mol. The zero-order chi connectivity index (χ0) is 80.8. The number of unbranched alkanes of at least 4 members (excludes halogenated alkanes) is 56. The van der Waals surface area contributed by atoms with Gasteiger partial charge in [-0.2, -0.15) is 0 Å². The number of ether oxygens (including phenoxy) is 4. The lowest BCUT2D eigenvalue weighted by atomic mass is 9.99. The van der Waals surface area contributed by atoms with E-state index in [2.05, 4.69) is 48.5 Å². The van der Waals surface area contributed by atoms with Gasteiger partial charge in [-0.05, 0) is 43.4 Å². The molecule has 0 saturated carbocycles. The Bertz CT molecular complexity index is 2120. The molecule has 0 amide bonds. The van der Waals surface area contributed by atoms with Gasteiger partial charge in [0.2, 0.25) is 0 Å². The molecule has 654 valence electrons. The summed E-state index contributed by atoms with van der Waals surface area (Å²) < 4.78 is 69.1. The van der Waals surface area contributed by atoms with Gasteiger partial charge in [-0.3, -0.25) is 37.3 Å². The second kappa shape index (κ2) is 80.8. The minimum atomic E-state index is -4.97. The van der Waals surface area contributed by atoms with E-state index in [1.165, 1.54) is 295 Å². The highest BCUT2D eigenvalue weighted by molar-refractivity contribution is 7.47. The summed E-state index contributed by atoms with van der Waals surface area (Å²) >= 11 is 0. The third-order valence-electron chi connectivity index (χ3n) is 21.7. The fourth-order valence-corrected chi connectivity index (χ4v) is 15.8. The first-order valence-electron chi connectivity index (χ1n) is 46.9. The van der Waals surface area contributed by atoms with Crippen molar-refractivity contribution in [2.24, 2.45) is 17.8 Å². The van der Waals surface area contributed by atoms with E-state index in [4.69, 9.17) is 37.0 Å². The molecule has 0 aromatic carbocycles. The Kier molecular flexibility index (Phi) is 79.4. The highest BCUT2D eigenvalue weighted by atomic mass is 31.2. The molecule has 6 atom stereocenters. The Morgan fingerprint density at radius 3 is 0.691 bits per heavy atom. The predicted octanol–water partition coefficient (Wildman–Crippen LogP) is 28.0. The first-order chi connectivity index (χ1) is 53.3. The molecule has 19 heteroatoms. The maximum absolute atomic E-state index is 13.2. The van der Waals surface area contributed by atoms with Gasteiger partial charge in [0.15, 0.2) is 12.2 Å². The van der Waals surface area contributed by atoms with Gasteiger partial charge in [-0.15, -0.1) is 0 Å². The number of hydrogen-bond acceptors (Lipinski definition) is 15. The number of esters is 4. The third-order valence-corrected chi connectivity index (χ3v) is 23.6. The van der Waals surface area contributed by atoms with Crippen LogP contribution in [0, 0.1) is 17.8 Å². The van der Waals surface area contributed by atoms with E-state index in [9.17, 15) is 43.2 Å². The van der Waals surface area contributed by atoms with E-state index in [1.54, 1.807) is 0 Å². The molecule has 110 heavy (non-hydrogen) atoms. The summed E-state index contributed by atoms with van der Waals surface area (Å²) in [5.41, 5.74) is 0. The molecular formula is C91H178O17P2. The lowest BCUT2D eigenvalue weighted by molar-refractivity contribution is -0.161. The van der Waals surface area contributed by atoms with Crippen molar-refractivity contribution >= 4 is 39.5 Å². The van der Waals surface area contributed by atoms with Gasteiger partial charge in [-0.25, -0.2) is 9.13 Å². The third kappa shape index (κ3) is 82.6. The smallest absolute Gasteiger partial charge is 0.462 e. The minimum absolute atomic E-state index is 0.107. The van der Waals surface area contributed by atoms with E-state index >= 15 is 0 Å². The number of carbonyl (C=O) groups excluding carboxylic acids is 4. The lowest BCUT2D eigenvalue weighted by Gasteiger charge is -2.21. The van der Waals surface area contributed by atoms with Gasteiger partial charge in [0.25, 0.3) is 0 Å². The molecule has 0 radical (unpaired) electrons. The molecule has 17 nitrogen and oxygen atoms in total. The second-order valence-electron chi connectivity index (χ2n) is 33.9. The summed E-state index contributed by atoms with van der Waals surface area (Å²) in [6, 6.07) is 0. The summed E-state index contributed by atoms with van der Waals surface area (Å²) in [4.78, 5) is 73.4. The zero-order valence-corrected chi connectivity index (χ0v) is 74.5. The average molecular weight is 1610 g/mol. The quantitative estimate of drug-likeness (QED) is 0.0222. The maximum atomic E-state index is 13.2. The highest BCUT2D eigenvalue weighted by Gasteiger charge is 2.31. The summed E-state index contributed by atoms with van der Waals surface area (Å²) in [6.45, 7) is 12.1. The van der Waals surface area contributed by atoms with E-state index < -0.39 is 97.5 Å². The van der Waals surface area contributed by atoms with Crippen molar-refractivity contribution in [3.63, 3.8) is 0 Å². The van der Waals surface area contributed by atoms with Gasteiger partial charge < -0.3 is 33.8 Å². The Hall–Kier alpha value is -1.94. The molecule has 0 fully saturated rings. The van der Waals surface area contributed by atoms with Crippen molar-refractivity contribution in [2.75, 3.05) is 39.6 Å². The number of carbonyl (C=O) groups is 4. The number of rotatable bonds is 89. The van der Waals surface area contributed by atoms with Gasteiger partial charge in [0, 0.05) is 25.7 Å². The highest BCUT2D eigenvalue weighted by Crippen LogP contribution is 2.45. The van der Waals surface area contributed by atoms with Crippen molar-refractivity contribution in [3.05, 3.63) is 0 Å². The fourth-order valence-electron chi connectivity index (χ4n) is 14.2. The van der Waals surface area contributed by atoms with Crippen molar-refractivity contribution in [2.45, 2.75) is 503 Å². The van der Waals surface area contributed by atoms with Crippen molar-refractivity contribution in [3.8, 4) is 0 Å². The molecule has 0 rings (SSSR count). The van der Waals surface area contributed by atoms with E-state index in [0.717, 1.165) is 108 Å². The first-order valence-corrected chi connectivity index (χ1v) is 49.9. The molecule has 0 spiro atoms. The summed E-state index contributed by atoms with van der Waals surface area (Å²) in [7, 11) is -9.94. The largest absolute Gasteiger partial charge is 0.472 e. The average Bonchev–Trinajstić information content (AvgIpc) is 0.899. The van der Waals surface area contributed by atoms with Crippen LogP contribution in [0.3, 0.4) is 0 Å². The molecule has 0 aromatic rings. The summed E-state index contributed by atoms with van der Waals surface area (Å²) in [5, 5.41) is 10.7. The van der Waals surface area contributed by atoms with Crippen LogP contribution in [0.4, 0.5) is 0 Å². The molecule has 3 unspecified atom stereocenters. The Balaban J connectivity index is 5.25. The molecule has 3 N–H and O–H groups in total. The summed E-state index contributed by atoms with van der Waals surface area (Å²) in [6.07, 6.45) is 73.7. The zero-order valence-electron chi connectivity index (χ0n) is 72.7. The van der Waals surface area contributed by atoms with Crippen LogP contribution in [0.15, 0.2) is 0 Å². The van der Waals surface area contributed by atoms with Gasteiger partial charge >= 0.3 is 39.5 Å². The van der Waals surface area contributed by atoms with Crippen LogP contribution in [-0.2, 0) is 65.4 Å². The number of phosphoric acid groups is 2. The standard InChI is InChI=1S/C91H178O17P2/c1-8-10-11-12-13-14-15-16-17-18-19-20-21-25-28-33-38-43-51-58-65-72-88(93)101-78-86(107-90(95)74-67-60-53-44-39-34-29-26-23-22-24-27-31-36-41-48-55-62-69-82(3)4)80-105-109(97,98)103-76-85(92)77-104-110(99,100)106-81-87(79-102-89(94)73-66-59-52-47-46-50-57-64-71-84(7)9-2)108-91(96)75-68-61-54-45-40-35-30-32-37-42-49-56-63-70-83(5)6/h82-87,92H,8-81H2,1-7H3,(H,97,98)(H,99,100)/t84?,85-,86-,87-/m1/s1. The second-order valence-corrected chi connectivity index (χ2v) is 36.8. The van der Waals surface area contributed by atoms with Crippen LogP contribution in [0.1, 0.15) is 485 Å². The van der Waals surface area contributed by atoms with Crippen LogP contribution in [-0.4, -0.2) is 96.7 Å². The van der Waals surface area contributed by atoms with E-state index in [-0.39, 0.29) is 25.7 Å². The molecule has 0 heterocycles. The summed E-state index contributed by atoms with van der Waals surface area (Å²) in [5.74, 6) is 0.285. The van der Waals surface area contributed by atoms with Crippen molar-refractivity contribution in [1.29, 1.82) is 0 Å². The van der Waals surface area contributed by atoms with Crippen LogP contribution in [0.2, 0.25) is 0 Å². The molecule has 0 aliphatic carbocycles. The van der Waals surface area contributed by atoms with Crippen molar-refractivity contribution in [1.82, 2.24) is 0 Å². The topological polar surface area (TPSA) is 237 Å². The number of hydrogen-bond donors (Lipinski definition) is 3. The molecule has 0 aliphatic rings. The van der Waals surface area contributed by atoms with Crippen LogP contribution in [0.25, 0.3) is 0 Å². The minimum Gasteiger partial charge on any atom is -0.462 e. The number of aliphatic hydroxyl groups is 1. The molecular weight excluding hydrogens is 1430 g/mol. The van der Waals surface area contributed by atoms with E-state index in [0.29, 0.717) is 25.7 Å². The molecule has 0 aromatic heterocycles. The first kappa shape index (κ1) is 108. The fraction of sp³-hybridized carbons (Fsp3) is 0.956. The SMILES string of the molecule is CCCCCCCCCCCCCCCCCCCCCCCC(=O)OC[C@H](COP(=O)(O)OC[C@@H](O)COP(=O)(O)OC[C@@H](COC(=O)CCCCCCCCCCC(C)CC)OC(=O)CCCCCCCCCCCCCCCC(C)C)OC(=O)CCCCCCCCCCCCCCCCCCCCC(C)C. The number of aliphatic hydroxyl groups excluding tert-OH is 1. The van der Waals surface area contributed by atoms with Gasteiger partial charge in [0.1, 0.15) is 19.3 Å².